The van der Waals surface area contributed by atoms with Crippen molar-refractivity contribution >= 4 is 51.7 Å². The number of ether oxygens (including phenoxy) is 2. The third kappa shape index (κ3) is 5.15. The zero-order valence-electron chi connectivity index (χ0n) is 22.6. The first kappa shape index (κ1) is 26.7. The molecule has 1 amide bonds. The van der Waals surface area contributed by atoms with Gasteiger partial charge in [0, 0.05) is 38.9 Å². The van der Waals surface area contributed by atoms with Crippen LogP contribution in [0.3, 0.4) is 0 Å². The van der Waals surface area contributed by atoms with Crippen LogP contribution in [0.15, 0.2) is 82.6 Å². The number of carbonyl (C=O) groups is 1. The van der Waals surface area contributed by atoms with Crippen LogP contribution >= 0.6 is 24.0 Å². The van der Waals surface area contributed by atoms with E-state index in [1.54, 1.807) is 23.2 Å². The van der Waals surface area contributed by atoms with E-state index in [2.05, 4.69) is 15.9 Å². The first-order valence-corrected chi connectivity index (χ1v) is 14.9. The molecule has 0 spiro atoms. The first-order valence-electron chi connectivity index (χ1n) is 13.7. The lowest BCUT2D eigenvalue weighted by molar-refractivity contribution is -0.122. The summed E-state index contributed by atoms with van der Waals surface area (Å²) >= 11 is 6.79. The quantitative estimate of drug-likeness (QED) is 0.241. The van der Waals surface area contributed by atoms with E-state index in [0.29, 0.717) is 45.9 Å². The maximum Gasteiger partial charge on any atom is 0.267 e. The van der Waals surface area contributed by atoms with E-state index in [0.717, 1.165) is 42.3 Å². The Labute approximate surface area is 252 Å². The molecule has 2 saturated heterocycles. The van der Waals surface area contributed by atoms with Gasteiger partial charge in [-0.3, -0.25) is 23.8 Å². The topological polar surface area (TPSA) is 79.6 Å². The molecule has 5 heterocycles. The van der Waals surface area contributed by atoms with Gasteiger partial charge in [-0.15, -0.1) is 0 Å². The van der Waals surface area contributed by atoms with E-state index < -0.39 is 0 Å². The van der Waals surface area contributed by atoms with Crippen LogP contribution in [0.25, 0.3) is 11.7 Å². The van der Waals surface area contributed by atoms with Crippen molar-refractivity contribution in [3.63, 3.8) is 0 Å². The Hall–Kier alpha value is -4.19. The lowest BCUT2D eigenvalue weighted by Gasteiger charge is -2.36. The van der Waals surface area contributed by atoms with Gasteiger partial charge in [0.05, 0.1) is 17.0 Å². The number of thioether (sulfide) groups is 1. The Kier molecular flexibility index (Phi) is 7.14. The smallest absolute Gasteiger partial charge is 0.267 e. The van der Waals surface area contributed by atoms with Gasteiger partial charge >= 0.3 is 0 Å². The van der Waals surface area contributed by atoms with Crippen molar-refractivity contribution in [1.29, 1.82) is 0 Å². The third-order valence-corrected chi connectivity index (χ3v) is 8.97. The van der Waals surface area contributed by atoms with Crippen LogP contribution in [0.2, 0.25) is 0 Å². The summed E-state index contributed by atoms with van der Waals surface area (Å²) in [5.74, 6) is 1.95. The highest BCUT2D eigenvalue weighted by atomic mass is 32.2. The summed E-state index contributed by atoms with van der Waals surface area (Å²) in [6, 6.07) is 21.3. The van der Waals surface area contributed by atoms with Gasteiger partial charge in [0.1, 0.15) is 15.8 Å². The number of benzene rings is 2. The molecule has 0 atom stereocenters. The first-order chi connectivity index (χ1) is 20.5. The molecule has 4 aromatic rings. The van der Waals surface area contributed by atoms with Gasteiger partial charge < -0.3 is 14.4 Å². The summed E-state index contributed by atoms with van der Waals surface area (Å²) in [4.78, 5) is 38.7. The largest absolute Gasteiger partial charge is 0.454 e. The van der Waals surface area contributed by atoms with Gasteiger partial charge in [-0.1, -0.05) is 66.4 Å². The number of nitrogens with zero attached hydrogens (tertiary/aromatic N) is 5. The SMILES string of the molecule is O=C1/C(=C/c2c(N3CCN(Cc4ccc5c(c4)OCO5)CC3)nc3ccccn3c2=O)SC(=S)N1Cc1ccccc1. The van der Waals surface area contributed by atoms with Gasteiger partial charge in [0.2, 0.25) is 6.79 Å². The maximum absolute atomic E-state index is 13.8. The van der Waals surface area contributed by atoms with Crippen LogP contribution in [-0.4, -0.2) is 62.4 Å². The number of fused-ring (bicyclic) bond motifs is 2. The lowest BCUT2D eigenvalue weighted by Crippen LogP contribution is -2.47. The number of anilines is 1. The molecule has 2 aromatic carbocycles. The molecule has 9 nitrogen and oxygen atoms in total. The lowest BCUT2D eigenvalue weighted by atomic mass is 10.1. The van der Waals surface area contributed by atoms with Crippen molar-refractivity contribution in [2.45, 2.75) is 13.1 Å². The molecular formula is C31H27N5O4S2. The van der Waals surface area contributed by atoms with Crippen molar-refractivity contribution in [2.24, 2.45) is 0 Å². The van der Waals surface area contributed by atoms with Gasteiger partial charge in [0.25, 0.3) is 11.5 Å². The molecule has 0 saturated carbocycles. The minimum atomic E-state index is -0.216. The molecule has 7 rings (SSSR count). The predicted octanol–water partition coefficient (Wildman–Crippen LogP) is 4.15. The Morgan fingerprint density at radius 1 is 0.881 bits per heavy atom. The number of hydrogen-bond donors (Lipinski definition) is 0. The van der Waals surface area contributed by atoms with E-state index in [4.69, 9.17) is 26.7 Å². The summed E-state index contributed by atoms with van der Waals surface area (Å²) in [6.45, 7) is 4.40. The Morgan fingerprint density at radius 3 is 2.50 bits per heavy atom. The number of amides is 1. The van der Waals surface area contributed by atoms with Crippen LogP contribution in [-0.2, 0) is 17.9 Å². The summed E-state index contributed by atoms with van der Waals surface area (Å²) in [7, 11) is 0. The van der Waals surface area contributed by atoms with Gasteiger partial charge in [-0.05, 0) is 41.5 Å². The summed E-state index contributed by atoms with van der Waals surface area (Å²) in [6.07, 6.45) is 3.38. The second-order valence-corrected chi connectivity index (χ2v) is 12.0. The van der Waals surface area contributed by atoms with E-state index in [1.165, 1.54) is 16.2 Å². The molecule has 3 aliphatic rings. The molecular weight excluding hydrogens is 571 g/mol. The van der Waals surface area contributed by atoms with Crippen LogP contribution < -0.4 is 19.9 Å². The summed E-state index contributed by atoms with van der Waals surface area (Å²) < 4.78 is 13.0. The number of thiocarbonyl (C=S) groups is 1. The normalized spacial score (nSPS) is 18.0. The van der Waals surface area contributed by atoms with Crippen molar-refractivity contribution < 1.29 is 14.3 Å². The van der Waals surface area contributed by atoms with Crippen molar-refractivity contribution in [3.8, 4) is 11.5 Å². The zero-order valence-corrected chi connectivity index (χ0v) is 24.3. The number of aromatic nitrogens is 2. The zero-order chi connectivity index (χ0) is 28.6. The van der Waals surface area contributed by atoms with Gasteiger partial charge in [-0.2, -0.15) is 0 Å². The number of pyridine rings is 1. The fraction of sp³-hybridized carbons (Fsp3) is 0.226. The molecule has 3 aliphatic heterocycles. The second kappa shape index (κ2) is 11.2. The number of piperazine rings is 1. The molecule has 11 heteroatoms. The third-order valence-electron chi connectivity index (χ3n) is 7.60. The standard InChI is InChI=1S/C31H27N5O4S2/c37-29-23(17-26-30(38)36(31(41)42-26)19-21-6-2-1-3-7-21)28(32-27-8-4-5-11-35(27)29)34-14-12-33(13-15-34)18-22-9-10-24-25(16-22)40-20-39-24/h1-11,16-17H,12-15,18-20H2/b26-17-. The van der Waals surface area contributed by atoms with Crippen LogP contribution in [0, 0.1) is 0 Å². The second-order valence-electron chi connectivity index (χ2n) is 10.3. The average molecular weight is 598 g/mol. The van der Waals surface area contributed by atoms with E-state index >= 15 is 0 Å². The van der Waals surface area contributed by atoms with Gasteiger partial charge in [0.15, 0.2) is 11.5 Å². The fourth-order valence-electron chi connectivity index (χ4n) is 5.41. The van der Waals surface area contributed by atoms with E-state index in [-0.39, 0.29) is 18.3 Å². The van der Waals surface area contributed by atoms with Crippen LogP contribution in [0.1, 0.15) is 16.7 Å². The molecule has 0 bridgehead atoms. The highest BCUT2D eigenvalue weighted by Gasteiger charge is 2.33. The Balaban J connectivity index is 1.15. The number of carbonyl (C=O) groups excluding carboxylic acids is 1. The molecule has 0 radical (unpaired) electrons. The van der Waals surface area contributed by atoms with Crippen LogP contribution in [0.4, 0.5) is 5.82 Å². The Morgan fingerprint density at radius 2 is 1.67 bits per heavy atom. The number of hydrogen-bond acceptors (Lipinski definition) is 9. The Bertz CT molecular complexity index is 1780. The summed E-state index contributed by atoms with van der Waals surface area (Å²) in [5.41, 5.74) is 2.89. The van der Waals surface area contributed by atoms with E-state index in [9.17, 15) is 9.59 Å². The highest BCUT2D eigenvalue weighted by molar-refractivity contribution is 8.26. The van der Waals surface area contributed by atoms with Crippen molar-refractivity contribution in [3.05, 3.63) is 105 Å². The summed E-state index contributed by atoms with van der Waals surface area (Å²) in [5, 5.41) is 0. The molecule has 0 unspecified atom stereocenters. The minimum absolute atomic E-state index is 0.203. The van der Waals surface area contributed by atoms with E-state index in [1.807, 2.05) is 54.6 Å². The molecule has 2 aromatic heterocycles. The highest BCUT2D eigenvalue weighted by Crippen LogP contribution is 2.35. The molecule has 212 valence electrons. The monoisotopic (exact) mass is 597 g/mol. The number of rotatable bonds is 6. The fourth-order valence-corrected chi connectivity index (χ4v) is 6.64. The van der Waals surface area contributed by atoms with Gasteiger partial charge in [-0.25, -0.2) is 4.98 Å². The molecule has 42 heavy (non-hydrogen) atoms. The maximum atomic E-state index is 13.8. The average Bonchev–Trinajstić information content (AvgIpc) is 3.59. The predicted molar refractivity (Wildman–Crippen MR) is 167 cm³/mol. The molecule has 0 N–H and O–H groups in total. The molecule has 2 fully saturated rings. The van der Waals surface area contributed by atoms with Crippen molar-refractivity contribution in [1.82, 2.24) is 19.2 Å². The van der Waals surface area contributed by atoms with Crippen molar-refractivity contribution in [2.75, 3.05) is 37.9 Å². The minimum Gasteiger partial charge on any atom is -0.454 e. The molecule has 0 aliphatic carbocycles. The van der Waals surface area contributed by atoms with Crippen LogP contribution in [0.5, 0.6) is 11.5 Å².